The molecule has 0 saturated carbocycles. The first-order valence-electron chi connectivity index (χ1n) is 11.2. The third-order valence-electron chi connectivity index (χ3n) is 6.65. The number of carbonyl (C=O) groups excluding carboxylic acids is 1. The Morgan fingerprint density at radius 3 is 2.66 bits per heavy atom. The Labute approximate surface area is 189 Å². The number of benzene rings is 2. The molecule has 3 aromatic rings. The number of methoxy groups -OCH3 is 1. The number of carbonyl (C=O) groups is 1. The van der Waals surface area contributed by atoms with Crippen LogP contribution in [-0.4, -0.2) is 54.6 Å². The molecule has 1 amide bonds. The van der Waals surface area contributed by atoms with Gasteiger partial charge in [-0.25, -0.2) is 0 Å². The van der Waals surface area contributed by atoms with Crippen LogP contribution in [-0.2, 0) is 12.1 Å². The summed E-state index contributed by atoms with van der Waals surface area (Å²) in [6.45, 7) is 2.26. The van der Waals surface area contributed by atoms with Gasteiger partial charge in [-0.1, -0.05) is 12.1 Å². The second kappa shape index (κ2) is 8.02. The van der Waals surface area contributed by atoms with Crippen molar-refractivity contribution in [2.75, 3.05) is 39.6 Å². The van der Waals surface area contributed by atoms with Crippen LogP contribution in [0.3, 0.4) is 0 Å². The monoisotopic (exact) mass is 430 g/mol. The first-order valence-corrected chi connectivity index (χ1v) is 11.2. The van der Waals surface area contributed by atoms with E-state index in [0.717, 1.165) is 47.6 Å². The lowest BCUT2D eigenvalue weighted by Crippen LogP contribution is -2.51. The summed E-state index contributed by atoms with van der Waals surface area (Å²) < 4.78 is 7.72. The van der Waals surface area contributed by atoms with E-state index in [1.54, 1.807) is 7.11 Å². The molecule has 5 rings (SSSR count). The minimum absolute atomic E-state index is 0.119. The van der Waals surface area contributed by atoms with Crippen LogP contribution in [0, 0.1) is 0 Å². The van der Waals surface area contributed by atoms with Crippen molar-refractivity contribution in [2.45, 2.75) is 24.9 Å². The number of amides is 1. The molecule has 0 aliphatic carbocycles. The fourth-order valence-electron chi connectivity index (χ4n) is 5.08. The van der Waals surface area contributed by atoms with Crippen molar-refractivity contribution in [3.8, 4) is 11.4 Å². The molecule has 0 atom stereocenters. The summed E-state index contributed by atoms with van der Waals surface area (Å²) in [6.07, 6.45) is 3.84. The van der Waals surface area contributed by atoms with E-state index in [0.29, 0.717) is 13.1 Å². The van der Waals surface area contributed by atoms with Crippen molar-refractivity contribution in [1.29, 1.82) is 0 Å². The van der Waals surface area contributed by atoms with E-state index < -0.39 is 0 Å². The molecule has 2 aliphatic rings. The molecule has 3 heterocycles. The minimum Gasteiger partial charge on any atom is -0.497 e. The molecule has 1 N–H and O–H groups in total. The van der Waals surface area contributed by atoms with Crippen molar-refractivity contribution in [1.82, 2.24) is 14.4 Å². The Hall–Kier alpha value is -3.25. The molecule has 1 fully saturated rings. The zero-order valence-corrected chi connectivity index (χ0v) is 19.0. The van der Waals surface area contributed by atoms with Crippen molar-refractivity contribution in [2.24, 2.45) is 0 Å². The summed E-state index contributed by atoms with van der Waals surface area (Å²) in [5, 5.41) is 3.81. The van der Waals surface area contributed by atoms with Gasteiger partial charge in [0.1, 0.15) is 5.75 Å². The highest BCUT2D eigenvalue weighted by Gasteiger charge is 2.42. The van der Waals surface area contributed by atoms with E-state index in [1.807, 2.05) is 43.3 Å². The van der Waals surface area contributed by atoms with Gasteiger partial charge in [-0.15, -0.1) is 0 Å². The first kappa shape index (κ1) is 20.6. The summed E-state index contributed by atoms with van der Waals surface area (Å²) in [5.41, 5.74) is 5.21. The SMILES string of the molecule is COc1ccc2c(c1)NC1(CCN(C(=O)c3cccc(CN(C)C)c3)CC1)c1cccn1-2. The Balaban J connectivity index is 1.37. The average Bonchev–Trinajstić information content (AvgIpc) is 3.30. The van der Waals surface area contributed by atoms with Crippen molar-refractivity contribution < 1.29 is 9.53 Å². The second-order valence-electron chi connectivity index (χ2n) is 9.08. The Morgan fingerprint density at radius 1 is 1.09 bits per heavy atom. The lowest BCUT2D eigenvalue weighted by Gasteiger charge is -2.46. The molecule has 2 aliphatic heterocycles. The molecule has 0 radical (unpaired) electrons. The van der Waals surface area contributed by atoms with Crippen molar-refractivity contribution >= 4 is 11.6 Å². The number of nitrogens with one attached hydrogen (secondary N) is 1. The number of rotatable bonds is 4. The quantitative estimate of drug-likeness (QED) is 0.677. The first-order chi connectivity index (χ1) is 15.5. The Bertz CT molecular complexity index is 1140. The lowest BCUT2D eigenvalue weighted by atomic mass is 9.82. The number of ether oxygens (including phenoxy) is 1. The van der Waals surface area contributed by atoms with Gasteiger partial charge in [0, 0.05) is 43.2 Å². The maximum Gasteiger partial charge on any atom is 0.253 e. The molecule has 1 saturated heterocycles. The smallest absolute Gasteiger partial charge is 0.253 e. The highest BCUT2D eigenvalue weighted by Crippen LogP contribution is 2.44. The lowest BCUT2D eigenvalue weighted by molar-refractivity contribution is 0.0676. The molecule has 0 unspecified atom stereocenters. The molecule has 6 heteroatoms. The van der Waals surface area contributed by atoms with Crippen molar-refractivity contribution in [3.05, 3.63) is 77.6 Å². The van der Waals surface area contributed by atoms with E-state index in [-0.39, 0.29) is 11.4 Å². The summed E-state index contributed by atoms with van der Waals surface area (Å²) in [6, 6.07) is 18.5. The maximum absolute atomic E-state index is 13.3. The van der Waals surface area contributed by atoms with Gasteiger partial charge in [0.05, 0.1) is 24.0 Å². The van der Waals surface area contributed by atoms with Gasteiger partial charge in [0.2, 0.25) is 0 Å². The van der Waals surface area contributed by atoms with Crippen LogP contribution in [0.1, 0.15) is 34.5 Å². The number of likely N-dealkylation sites (tertiary alicyclic amines) is 1. The zero-order chi connectivity index (χ0) is 22.3. The highest BCUT2D eigenvalue weighted by molar-refractivity contribution is 5.94. The molecule has 6 nitrogen and oxygen atoms in total. The molecule has 1 spiro atoms. The highest BCUT2D eigenvalue weighted by atomic mass is 16.5. The fraction of sp³-hybridized carbons (Fsp3) is 0.346. The standard InChI is InChI=1S/C26H30N4O2/c1-28(2)18-19-6-4-7-20(16-19)25(31)29-14-11-26(12-15-29)24-8-5-13-30(24)23-10-9-21(32-3)17-22(23)27-26/h4-10,13,16-17,27H,11-12,14-15,18H2,1-3H3. The van der Waals surface area contributed by atoms with E-state index >= 15 is 0 Å². The summed E-state index contributed by atoms with van der Waals surface area (Å²) in [7, 11) is 5.78. The van der Waals surface area contributed by atoms with Crippen LogP contribution in [0.25, 0.3) is 5.69 Å². The van der Waals surface area contributed by atoms with Gasteiger partial charge in [-0.05, 0) is 68.9 Å². The van der Waals surface area contributed by atoms with Gasteiger partial charge in [0.25, 0.3) is 5.91 Å². The molecule has 0 bridgehead atoms. The predicted molar refractivity (Wildman–Crippen MR) is 127 cm³/mol. The number of anilines is 1. The average molecular weight is 431 g/mol. The number of piperidine rings is 1. The molecule has 1 aromatic heterocycles. The van der Waals surface area contributed by atoms with Crippen LogP contribution >= 0.6 is 0 Å². The minimum atomic E-state index is -0.188. The van der Waals surface area contributed by atoms with Crippen LogP contribution in [0.4, 0.5) is 5.69 Å². The largest absolute Gasteiger partial charge is 0.497 e. The van der Waals surface area contributed by atoms with Gasteiger partial charge in [-0.2, -0.15) is 0 Å². The molecule has 2 aromatic carbocycles. The summed E-state index contributed by atoms with van der Waals surface area (Å²) in [4.78, 5) is 17.4. The van der Waals surface area contributed by atoms with Crippen LogP contribution in [0.2, 0.25) is 0 Å². The molecule has 166 valence electrons. The fourth-order valence-corrected chi connectivity index (χ4v) is 5.08. The Morgan fingerprint density at radius 2 is 1.91 bits per heavy atom. The number of aromatic nitrogens is 1. The predicted octanol–water partition coefficient (Wildman–Crippen LogP) is 4.10. The maximum atomic E-state index is 13.3. The van der Waals surface area contributed by atoms with Gasteiger partial charge in [-0.3, -0.25) is 4.79 Å². The van der Waals surface area contributed by atoms with Gasteiger partial charge >= 0.3 is 0 Å². The third kappa shape index (κ3) is 3.54. The number of fused-ring (bicyclic) bond motifs is 4. The van der Waals surface area contributed by atoms with E-state index in [1.165, 1.54) is 5.69 Å². The normalized spacial score (nSPS) is 16.4. The second-order valence-corrected chi connectivity index (χ2v) is 9.08. The van der Waals surface area contributed by atoms with E-state index in [2.05, 4.69) is 51.3 Å². The van der Waals surface area contributed by atoms with E-state index in [4.69, 9.17) is 4.74 Å². The van der Waals surface area contributed by atoms with Crippen molar-refractivity contribution in [3.63, 3.8) is 0 Å². The van der Waals surface area contributed by atoms with Crippen LogP contribution in [0.5, 0.6) is 5.75 Å². The zero-order valence-electron chi connectivity index (χ0n) is 19.0. The number of hydrogen-bond acceptors (Lipinski definition) is 4. The molecular formula is C26H30N4O2. The summed E-state index contributed by atoms with van der Waals surface area (Å²) in [5.74, 6) is 0.959. The topological polar surface area (TPSA) is 49.7 Å². The van der Waals surface area contributed by atoms with Crippen LogP contribution in [0.15, 0.2) is 60.8 Å². The molecule has 32 heavy (non-hydrogen) atoms. The third-order valence-corrected chi connectivity index (χ3v) is 6.65. The Kier molecular flexibility index (Phi) is 5.18. The van der Waals surface area contributed by atoms with Gasteiger partial charge < -0.3 is 24.4 Å². The van der Waals surface area contributed by atoms with Crippen LogP contribution < -0.4 is 10.1 Å². The number of nitrogens with zero attached hydrogens (tertiary/aromatic N) is 3. The summed E-state index contributed by atoms with van der Waals surface area (Å²) >= 11 is 0. The van der Waals surface area contributed by atoms with Gasteiger partial charge in [0.15, 0.2) is 0 Å². The van der Waals surface area contributed by atoms with E-state index in [9.17, 15) is 4.79 Å². The molecular weight excluding hydrogens is 400 g/mol. The number of hydrogen-bond donors (Lipinski definition) is 1.